The van der Waals surface area contributed by atoms with E-state index in [1.165, 1.54) is 0 Å². The van der Waals surface area contributed by atoms with Crippen LogP contribution in [0.15, 0.2) is 0 Å². The third-order valence-corrected chi connectivity index (χ3v) is 3.01. The van der Waals surface area contributed by atoms with E-state index in [9.17, 15) is 4.57 Å². The number of ether oxygens (including phenoxy) is 1. The Morgan fingerprint density at radius 2 is 1.77 bits per heavy atom. The normalized spacial score (nSPS) is 14.5. The zero-order valence-corrected chi connectivity index (χ0v) is 9.81. The highest BCUT2D eigenvalue weighted by Gasteiger charge is 2.24. The maximum absolute atomic E-state index is 11.7. The predicted octanol–water partition coefficient (Wildman–Crippen LogP) is 2.81. The Kier molecular flexibility index (Phi) is 7.00. The van der Waals surface area contributed by atoms with E-state index in [1.54, 1.807) is 20.8 Å². The summed E-state index contributed by atoms with van der Waals surface area (Å²) in [5.74, 6) is 0. The van der Waals surface area contributed by atoms with E-state index in [2.05, 4.69) is 0 Å². The lowest BCUT2D eigenvalue weighted by molar-refractivity contribution is 0.121. The largest absolute Gasteiger partial charge is 0.356 e. The zero-order chi connectivity index (χ0) is 10.3. The molecule has 0 aromatic rings. The number of alkyl halides is 1. The number of hydrogen-bond acceptors (Lipinski definition) is 4. The van der Waals surface area contributed by atoms with Gasteiger partial charge in [0.05, 0.1) is 13.2 Å². The minimum atomic E-state index is -3.08. The van der Waals surface area contributed by atoms with Gasteiger partial charge in [-0.2, -0.15) is 0 Å². The average molecular weight is 231 g/mol. The molecule has 0 saturated carbocycles. The smallest absolute Gasteiger partial charge is 0.350 e. The van der Waals surface area contributed by atoms with Crippen LogP contribution in [0.3, 0.4) is 0 Å². The first-order valence-corrected chi connectivity index (χ1v) is 6.34. The molecule has 0 rings (SSSR count). The first-order valence-electron chi connectivity index (χ1n) is 4.18. The highest BCUT2D eigenvalue weighted by atomic mass is 35.5. The lowest BCUT2D eigenvalue weighted by Gasteiger charge is -2.17. The lowest BCUT2D eigenvalue weighted by Crippen LogP contribution is -2.06. The SMILES string of the molecule is CCOP(=O)(COC(C)Cl)OCC. The summed E-state index contributed by atoms with van der Waals surface area (Å²) in [6.45, 7) is 5.80. The summed E-state index contributed by atoms with van der Waals surface area (Å²) in [4.78, 5) is 0. The number of halogens is 1. The molecule has 0 aliphatic rings. The van der Waals surface area contributed by atoms with Crippen molar-refractivity contribution in [2.45, 2.75) is 26.3 Å². The van der Waals surface area contributed by atoms with Crippen molar-refractivity contribution >= 4 is 19.2 Å². The molecule has 1 unspecified atom stereocenters. The monoisotopic (exact) mass is 230 g/mol. The van der Waals surface area contributed by atoms with Crippen LogP contribution in [0.2, 0.25) is 0 Å². The van der Waals surface area contributed by atoms with Crippen LogP contribution in [0, 0.1) is 0 Å². The van der Waals surface area contributed by atoms with Gasteiger partial charge in [0.1, 0.15) is 5.56 Å². The van der Waals surface area contributed by atoms with Gasteiger partial charge in [-0.05, 0) is 20.8 Å². The molecule has 0 fully saturated rings. The summed E-state index contributed by atoms with van der Waals surface area (Å²) in [5.41, 5.74) is -0.491. The quantitative estimate of drug-likeness (QED) is 0.498. The van der Waals surface area contributed by atoms with Crippen molar-refractivity contribution < 1.29 is 18.3 Å². The van der Waals surface area contributed by atoms with Crippen LogP contribution in [0.4, 0.5) is 0 Å². The van der Waals surface area contributed by atoms with Crippen LogP contribution in [0.1, 0.15) is 20.8 Å². The van der Waals surface area contributed by atoms with E-state index in [-0.39, 0.29) is 6.35 Å². The second-order valence-electron chi connectivity index (χ2n) is 2.29. The standard InChI is InChI=1S/C7H16ClO4P/c1-4-11-13(9,12-5-2)6-10-7(3)8/h7H,4-6H2,1-3H3. The highest BCUT2D eigenvalue weighted by Crippen LogP contribution is 2.48. The lowest BCUT2D eigenvalue weighted by atomic mass is 10.9. The van der Waals surface area contributed by atoms with Crippen molar-refractivity contribution in [3.05, 3.63) is 0 Å². The summed E-state index contributed by atoms with van der Waals surface area (Å²) in [5, 5.41) is 0. The number of hydrogen-bond donors (Lipinski definition) is 0. The second kappa shape index (κ2) is 6.80. The third kappa shape index (κ3) is 6.47. The van der Waals surface area contributed by atoms with Gasteiger partial charge in [-0.3, -0.25) is 4.57 Å². The Morgan fingerprint density at radius 1 is 1.31 bits per heavy atom. The molecule has 13 heavy (non-hydrogen) atoms. The van der Waals surface area contributed by atoms with Gasteiger partial charge in [0, 0.05) is 0 Å². The van der Waals surface area contributed by atoms with Crippen molar-refractivity contribution in [3.8, 4) is 0 Å². The van der Waals surface area contributed by atoms with Gasteiger partial charge in [-0.1, -0.05) is 11.6 Å². The first-order chi connectivity index (χ1) is 6.04. The minimum absolute atomic E-state index is 0.0979. The molecule has 0 heterocycles. The molecular formula is C7H16ClO4P. The van der Waals surface area contributed by atoms with E-state index < -0.39 is 13.2 Å². The Morgan fingerprint density at radius 3 is 2.08 bits per heavy atom. The molecule has 80 valence electrons. The van der Waals surface area contributed by atoms with Crippen LogP contribution in [0.5, 0.6) is 0 Å². The summed E-state index contributed by atoms with van der Waals surface area (Å²) in [7, 11) is -3.08. The summed E-state index contributed by atoms with van der Waals surface area (Å²) in [6, 6.07) is 0. The average Bonchev–Trinajstić information content (AvgIpc) is 2.02. The number of rotatable bonds is 7. The van der Waals surface area contributed by atoms with Gasteiger partial charge in [0.15, 0.2) is 6.35 Å². The molecular weight excluding hydrogens is 214 g/mol. The molecule has 0 radical (unpaired) electrons. The summed E-state index contributed by atoms with van der Waals surface area (Å²) < 4.78 is 26.6. The molecule has 0 bridgehead atoms. The Labute approximate surface area is 84.0 Å². The third-order valence-electron chi connectivity index (χ3n) is 1.11. The van der Waals surface area contributed by atoms with Crippen LogP contribution >= 0.6 is 19.2 Å². The van der Waals surface area contributed by atoms with E-state index in [1.807, 2.05) is 0 Å². The fraction of sp³-hybridized carbons (Fsp3) is 1.00. The maximum Gasteiger partial charge on any atom is 0.356 e. The van der Waals surface area contributed by atoms with Crippen LogP contribution in [0.25, 0.3) is 0 Å². The van der Waals surface area contributed by atoms with Crippen molar-refractivity contribution in [3.63, 3.8) is 0 Å². The fourth-order valence-corrected chi connectivity index (χ4v) is 2.27. The van der Waals surface area contributed by atoms with E-state index >= 15 is 0 Å². The van der Waals surface area contributed by atoms with Crippen LogP contribution < -0.4 is 0 Å². The van der Waals surface area contributed by atoms with Crippen LogP contribution in [-0.2, 0) is 18.3 Å². The zero-order valence-electron chi connectivity index (χ0n) is 8.16. The summed E-state index contributed by atoms with van der Waals surface area (Å²) in [6.07, 6.45) is -0.0979. The Bertz CT molecular complexity index is 164. The van der Waals surface area contributed by atoms with Crippen LogP contribution in [-0.4, -0.2) is 25.1 Å². The fourth-order valence-electron chi connectivity index (χ4n) is 0.699. The van der Waals surface area contributed by atoms with Crippen molar-refractivity contribution in [2.24, 2.45) is 0 Å². The van der Waals surface area contributed by atoms with E-state index in [4.69, 9.17) is 25.4 Å². The van der Waals surface area contributed by atoms with E-state index in [0.717, 1.165) is 0 Å². The molecule has 1 atom stereocenters. The molecule has 0 saturated heterocycles. The molecule has 6 heteroatoms. The van der Waals surface area contributed by atoms with E-state index in [0.29, 0.717) is 13.2 Å². The molecule has 0 aromatic heterocycles. The van der Waals surface area contributed by atoms with Gasteiger partial charge in [0.2, 0.25) is 0 Å². The highest BCUT2D eigenvalue weighted by molar-refractivity contribution is 7.53. The molecule has 4 nitrogen and oxygen atoms in total. The topological polar surface area (TPSA) is 44.8 Å². The molecule has 0 spiro atoms. The van der Waals surface area contributed by atoms with Gasteiger partial charge in [-0.15, -0.1) is 0 Å². The van der Waals surface area contributed by atoms with Gasteiger partial charge in [0.25, 0.3) is 0 Å². The predicted molar refractivity (Wildman–Crippen MR) is 52.1 cm³/mol. The van der Waals surface area contributed by atoms with Gasteiger partial charge < -0.3 is 13.8 Å². The molecule has 0 aliphatic carbocycles. The van der Waals surface area contributed by atoms with Gasteiger partial charge in [-0.25, -0.2) is 0 Å². The maximum atomic E-state index is 11.7. The van der Waals surface area contributed by atoms with Crippen molar-refractivity contribution in [1.82, 2.24) is 0 Å². The summed E-state index contributed by atoms with van der Waals surface area (Å²) >= 11 is 5.53. The second-order valence-corrected chi connectivity index (χ2v) is 4.90. The molecule has 0 aliphatic heterocycles. The minimum Gasteiger partial charge on any atom is -0.350 e. The van der Waals surface area contributed by atoms with Crippen molar-refractivity contribution in [1.29, 1.82) is 0 Å². The Hall–Kier alpha value is 0.400. The Balaban J connectivity index is 3.99. The molecule has 0 amide bonds. The molecule has 0 N–H and O–H groups in total. The van der Waals surface area contributed by atoms with Gasteiger partial charge >= 0.3 is 7.60 Å². The molecule has 0 aromatic carbocycles. The van der Waals surface area contributed by atoms with Crippen molar-refractivity contribution in [2.75, 3.05) is 19.6 Å². The first kappa shape index (κ1) is 13.4.